The fourth-order valence-corrected chi connectivity index (χ4v) is 4.59. The number of nitrogens with zero attached hydrogens (tertiary/aromatic N) is 3. The summed E-state index contributed by atoms with van der Waals surface area (Å²) in [4.78, 5) is 32.0. The first-order chi connectivity index (χ1) is 16.6. The number of ether oxygens (including phenoxy) is 2. The van der Waals surface area contributed by atoms with Gasteiger partial charge < -0.3 is 24.3 Å². The van der Waals surface area contributed by atoms with Crippen LogP contribution in [-0.2, 0) is 22.7 Å². The first-order valence-electron chi connectivity index (χ1n) is 11.6. The van der Waals surface area contributed by atoms with Gasteiger partial charge in [-0.25, -0.2) is 4.98 Å². The third-order valence-electron chi connectivity index (χ3n) is 6.61. The van der Waals surface area contributed by atoms with E-state index in [1.165, 1.54) is 0 Å². The molecule has 8 heteroatoms. The Kier molecular flexibility index (Phi) is 6.31. The van der Waals surface area contributed by atoms with E-state index in [0.717, 1.165) is 22.7 Å². The SMILES string of the molecule is COc1ccc(C2Cn3cnc(C(=O)N4CCC(C(=O)Nc5ccccc5)CC4)c3CO2)cc1. The minimum absolute atomic E-state index is 0.00986. The van der Waals surface area contributed by atoms with Gasteiger partial charge in [-0.15, -0.1) is 0 Å². The molecule has 2 aromatic carbocycles. The molecule has 0 aliphatic carbocycles. The van der Waals surface area contributed by atoms with Crippen LogP contribution >= 0.6 is 0 Å². The number of benzene rings is 2. The highest BCUT2D eigenvalue weighted by atomic mass is 16.5. The quantitative estimate of drug-likeness (QED) is 0.628. The van der Waals surface area contributed by atoms with E-state index in [2.05, 4.69) is 10.3 Å². The van der Waals surface area contributed by atoms with Crippen molar-refractivity contribution in [3.63, 3.8) is 0 Å². The van der Waals surface area contributed by atoms with Crippen molar-refractivity contribution in [3.05, 3.63) is 77.9 Å². The molecule has 3 heterocycles. The van der Waals surface area contributed by atoms with Crippen LogP contribution in [0.2, 0.25) is 0 Å². The van der Waals surface area contributed by atoms with Crippen LogP contribution in [-0.4, -0.2) is 46.5 Å². The van der Waals surface area contributed by atoms with Gasteiger partial charge >= 0.3 is 0 Å². The molecule has 1 aromatic heterocycles. The van der Waals surface area contributed by atoms with Crippen molar-refractivity contribution in [2.75, 3.05) is 25.5 Å². The number of fused-ring (bicyclic) bond motifs is 1. The zero-order valence-corrected chi connectivity index (χ0v) is 19.1. The normalized spacial score (nSPS) is 18.3. The molecule has 34 heavy (non-hydrogen) atoms. The van der Waals surface area contributed by atoms with Gasteiger partial charge in [0, 0.05) is 24.7 Å². The summed E-state index contributed by atoms with van der Waals surface area (Å²) in [6.45, 7) is 2.00. The number of hydrogen-bond acceptors (Lipinski definition) is 5. The summed E-state index contributed by atoms with van der Waals surface area (Å²) in [5.41, 5.74) is 3.10. The van der Waals surface area contributed by atoms with Gasteiger partial charge in [0.1, 0.15) is 11.9 Å². The molecule has 5 rings (SSSR count). The number of aromatic nitrogens is 2. The Balaban J connectivity index is 1.19. The number of hydrogen-bond donors (Lipinski definition) is 1. The Hall–Kier alpha value is -3.65. The molecule has 1 fully saturated rings. The van der Waals surface area contributed by atoms with Gasteiger partial charge in [0.05, 0.1) is 32.3 Å². The predicted octanol–water partition coefficient (Wildman–Crippen LogP) is 3.65. The monoisotopic (exact) mass is 460 g/mol. The van der Waals surface area contributed by atoms with Gasteiger partial charge in [0.25, 0.3) is 5.91 Å². The smallest absolute Gasteiger partial charge is 0.274 e. The molecule has 0 saturated carbocycles. The maximum absolute atomic E-state index is 13.2. The molecule has 1 N–H and O–H groups in total. The fraction of sp³-hybridized carbons (Fsp3) is 0.346. The maximum Gasteiger partial charge on any atom is 0.274 e. The highest BCUT2D eigenvalue weighted by molar-refractivity contribution is 5.95. The second-order valence-electron chi connectivity index (χ2n) is 8.69. The number of likely N-dealkylation sites (tertiary alicyclic amines) is 1. The van der Waals surface area contributed by atoms with Crippen molar-refractivity contribution in [1.82, 2.24) is 14.5 Å². The Morgan fingerprint density at radius 1 is 1.06 bits per heavy atom. The highest BCUT2D eigenvalue weighted by Gasteiger charge is 2.32. The molecular formula is C26H28N4O4. The molecule has 2 aliphatic heterocycles. The number of nitrogens with one attached hydrogen (secondary N) is 1. The molecule has 0 spiro atoms. The summed E-state index contributed by atoms with van der Waals surface area (Å²) in [7, 11) is 1.64. The minimum atomic E-state index is -0.103. The number of anilines is 1. The van der Waals surface area contributed by atoms with Crippen LogP contribution in [0.3, 0.4) is 0 Å². The Morgan fingerprint density at radius 3 is 2.50 bits per heavy atom. The fourth-order valence-electron chi connectivity index (χ4n) is 4.59. The van der Waals surface area contributed by atoms with Crippen LogP contribution in [0, 0.1) is 5.92 Å². The molecule has 2 amide bonds. The molecule has 1 atom stereocenters. The van der Waals surface area contributed by atoms with Crippen LogP contribution in [0.5, 0.6) is 5.75 Å². The van der Waals surface area contributed by atoms with E-state index in [9.17, 15) is 9.59 Å². The van der Waals surface area contributed by atoms with Crippen LogP contribution < -0.4 is 10.1 Å². The summed E-state index contributed by atoms with van der Waals surface area (Å²) in [6, 6.07) is 17.3. The topological polar surface area (TPSA) is 85.7 Å². The Morgan fingerprint density at radius 2 is 1.79 bits per heavy atom. The Labute approximate surface area is 198 Å². The van der Waals surface area contributed by atoms with E-state index in [1.54, 1.807) is 18.3 Å². The van der Waals surface area contributed by atoms with Crippen molar-refractivity contribution < 1.29 is 19.1 Å². The molecule has 1 saturated heterocycles. The number of carbonyl (C=O) groups excluding carboxylic acids is 2. The maximum atomic E-state index is 13.2. The molecular weight excluding hydrogens is 432 g/mol. The van der Waals surface area contributed by atoms with Gasteiger partial charge in [-0.1, -0.05) is 30.3 Å². The molecule has 3 aromatic rings. The lowest BCUT2D eigenvalue weighted by atomic mass is 9.95. The minimum Gasteiger partial charge on any atom is -0.497 e. The largest absolute Gasteiger partial charge is 0.497 e. The van der Waals surface area contributed by atoms with Gasteiger partial charge in [-0.3, -0.25) is 9.59 Å². The number of rotatable bonds is 5. The second-order valence-corrected chi connectivity index (χ2v) is 8.69. The number of amides is 2. The number of methoxy groups -OCH3 is 1. The standard InChI is InChI=1S/C26H28N4O4/c1-33-21-9-7-18(8-10-21)23-15-30-17-27-24(22(30)16-34-23)26(32)29-13-11-19(12-14-29)25(31)28-20-5-3-2-4-6-20/h2-10,17,19,23H,11-16H2,1H3,(H,28,31). The first-order valence-corrected chi connectivity index (χ1v) is 11.6. The van der Waals surface area contributed by atoms with E-state index in [0.29, 0.717) is 44.8 Å². The highest BCUT2D eigenvalue weighted by Crippen LogP contribution is 2.30. The van der Waals surface area contributed by atoms with Crippen molar-refractivity contribution in [2.24, 2.45) is 5.92 Å². The molecule has 0 bridgehead atoms. The number of imidazole rings is 1. The van der Waals surface area contributed by atoms with Crippen LogP contribution in [0.15, 0.2) is 60.9 Å². The molecule has 8 nitrogen and oxygen atoms in total. The predicted molar refractivity (Wildman–Crippen MR) is 126 cm³/mol. The van der Waals surface area contributed by atoms with E-state index in [1.807, 2.05) is 59.2 Å². The van der Waals surface area contributed by atoms with E-state index < -0.39 is 0 Å². The van der Waals surface area contributed by atoms with Crippen molar-refractivity contribution in [3.8, 4) is 5.75 Å². The molecule has 1 unspecified atom stereocenters. The lowest BCUT2D eigenvalue weighted by molar-refractivity contribution is -0.121. The number of carbonyl (C=O) groups is 2. The van der Waals surface area contributed by atoms with Gasteiger partial charge in [0.15, 0.2) is 5.69 Å². The Bertz CT molecular complexity index is 1150. The lowest BCUT2D eigenvalue weighted by Crippen LogP contribution is -2.42. The van der Waals surface area contributed by atoms with Crippen LogP contribution in [0.4, 0.5) is 5.69 Å². The van der Waals surface area contributed by atoms with E-state index in [-0.39, 0.29) is 23.8 Å². The van der Waals surface area contributed by atoms with E-state index >= 15 is 0 Å². The first kappa shape index (κ1) is 22.2. The second kappa shape index (κ2) is 9.69. The summed E-state index contributed by atoms with van der Waals surface area (Å²) < 4.78 is 13.3. The third kappa shape index (κ3) is 4.54. The van der Waals surface area contributed by atoms with Gasteiger partial charge in [-0.2, -0.15) is 0 Å². The van der Waals surface area contributed by atoms with Gasteiger partial charge in [0.2, 0.25) is 5.91 Å². The third-order valence-corrected chi connectivity index (χ3v) is 6.61. The van der Waals surface area contributed by atoms with Crippen molar-refractivity contribution >= 4 is 17.5 Å². The van der Waals surface area contributed by atoms with Crippen molar-refractivity contribution in [1.29, 1.82) is 0 Å². The molecule has 2 aliphatic rings. The van der Waals surface area contributed by atoms with Crippen molar-refractivity contribution in [2.45, 2.75) is 32.1 Å². The average molecular weight is 461 g/mol. The summed E-state index contributed by atoms with van der Waals surface area (Å²) in [5.74, 6) is 0.614. The zero-order valence-electron chi connectivity index (χ0n) is 19.1. The molecule has 0 radical (unpaired) electrons. The van der Waals surface area contributed by atoms with Gasteiger partial charge in [-0.05, 0) is 42.7 Å². The number of para-hydroxylation sites is 1. The van der Waals surface area contributed by atoms with E-state index in [4.69, 9.17) is 9.47 Å². The average Bonchev–Trinajstić information content (AvgIpc) is 3.32. The summed E-state index contributed by atoms with van der Waals surface area (Å²) in [6.07, 6.45) is 2.89. The summed E-state index contributed by atoms with van der Waals surface area (Å²) in [5, 5.41) is 2.97. The lowest BCUT2D eigenvalue weighted by Gasteiger charge is -2.31. The summed E-state index contributed by atoms with van der Waals surface area (Å²) >= 11 is 0. The van der Waals surface area contributed by atoms with Crippen LogP contribution in [0.1, 0.15) is 40.7 Å². The number of piperidine rings is 1. The zero-order chi connectivity index (χ0) is 23.5. The molecule has 176 valence electrons. The van der Waals surface area contributed by atoms with Crippen LogP contribution in [0.25, 0.3) is 0 Å².